The molecule has 0 rings (SSSR count). The van der Waals surface area contributed by atoms with Crippen LogP contribution in [0.3, 0.4) is 0 Å². The van der Waals surface area contributed by atoms with Crippen LogP contribution >= 0.6 is 0 Å². The molecule has 0 amide bonds. The van der Waals surface area contributed by atoms with Crippen molar-refractivity contribution >= 4 is 17.9 Å². The second-order valence-corrected chi connectivity index (χ2v) is 3.44. The van der Waals surface area contributed by atoms with Crippen molar-refractivity contribution in [3.05, 3.63) is 0 Å². The largest absolute Gasteiger partial charge is 0.481 e. The van der Waals surface area contributed by atoms with E-state index in [-0.39, 0.29) is 6.23 Å². The molecule has 0 saturated heterocycles. The fraction of sp³-hybridized carbons (Fsp3) is 0.667. The fourth-order valence-electron chi connectivity index (χ4n) is 0.714. The Bertz CT molecular complexity index is 285. The normalized spacial score (nSPS) is 12.0. The standard InChI is InChI=1S/C6H8O7.C3H9NO/c7-3(8)1-6(13,5(11)12)2-4(9)10;1-3(5)4-2/h13H,1-2H2,(H,7,8)(H,9,10)(H,11,12);3-5H,1-2H3. The number of rotatable bonds is 6. The average molecular weight is 267 g/mol. The van der Waals surface area contributed by atoms with Gasteiger partial charge in [0.25, 0.3) is 0 Å². The number of carboxylic acid groups (broad SMARTS) is 3. The number of aliphatic hydroxyl groups excluding tert-OH is 1. The van der Waals surface area contributed by atoms with Crippen molar-refractivity contribution in [3.63, 3.8) is 0 Å². The molecule has 0 aromatic rings. The maximum atomic E-state index is 10.3. The van der Waals surface area contributed by atoms with Crippen LogP contribution in [0.4, 0.5) is 0 Å². The lowest BCUT2D eigenvalue weighted by Gasteiger charge is -2.18. The van der Waals surface area contributed by atoms with Crippen LogP contribution in [0, 0.1) is 0 Å². The average Bonchev–Trinajstić information content (AvgIpc) is 2.15. The predicted octanol–water partition coefficient (Wildman–Crippen LogP) is -1.70. The Balaban J connectivity index is 0. The van der Waals surface area contributed by atoms with E-state index < -0.39 is 36.4 Å². The highest BCUT2D eigenvalue weighted by molar-refractivity contribution is 5.88. The first-order valence-corrected chi connectivity index (χ1v) is 4.80. The van der Waals surface area contributed by atoms with Crippen LogP contribution in [0.25, 0.3) is 0 Å². The molecule has 0 spiro atoms. The van der Waals surface area contributed by atoms with Crippen molar-refractivity contribution in [3.8, 4) is 0 Å². The summed E-state index contributed by atoms with van der Waals surface area (Å²) in [6.07, 6.45) is -2.65. The molecule has 0 bridgehead atoms. The van der Waals surface area contributed by atoms with Crippen molar-refractivity contribution in [2.75, 3.05) is 7.05 Å². The first-order valence-electron chi connectivity index (χ1n) is 4.80. The quantitative estimate of drug-likeness (QED) is 0.307. The van der Waals surface area contributed by atoms with E-state index in [2.05, 4.69) is 5.32 Å². The summed E-state index contributed by atoms with van der Waals surface area (Å²) in [5, 5.41) is 44.6. The number of aliphatic carboxylic acids is 3. The highest BCUT2D eigenvalue weighted by Crippen LogP contribution is 2.15. The molecule has 0 aliphatic rings. The highest BCUT2D eigenvalue weighted by Gasteiger charge is 2.40. The molecule has 0 radical (unpaired) electrons. The lowest BCUT2D eigenvalue weighted by molar-refractivity contribution is -0.170. The second kappa shape index (κ2) is 8.39. The van der Waals surface area contributed by atoms with Gasteiger partial charge in [0.05, 0.1) is 12.8 Å². The van der Waals surface area contributed by atoms with E-state index in [4.69, 9.17) is 25.5 Å². The zero-order valence-corrected chi connectivity index (χ0v) is 9.95. The maximum absolute atomic E-state index is 10.3. The number of hydrogen-bond donors (Lipinski definition) is 6. The molecule has 0 saturated carbocycles. The molecule has 1 atom stereocenters. The first-order chi connectivity index (χ1) is 8.05. The van der Waals surface area contributed by atoms with E-state index in [1.807, 2.05) is 0 Å². The van der Waals surface area contributed by atoms with Gasteiger partial charge in [-0.25, -0.2) is 4.79 Å². The van der Waals surface area contributed by atoms with Crippen LogP contribution in [0.2, 0.25) is 0 Å². The Kier molecular flexibility index (Phi) is 8.69. The van der Waals surface area contributed by atoms with E-state index in [0.29, 0.717) is 0 Å². The monoisotopic (exact) mass is 267 g/mol. The number of carboxylic acids is 3. The first kappa shape index (κ1) is 18.6. The summed E-state index contributed by atoms with van der Waals surface area (Å²) in [4.78, 5) is 30.5. The summed E-state index contributed by atoms with van der Waals surface area (Å²) >= 11 is 0. The zero-order valence-electron chi connectivity index (χ0n) is 9.95. The molecule has 0 aliphatic carbocycles. The molecule has 18 heavy (non-hydrogen) atoms. The summed E-state index contributed by atoms with van der Waals surface area (Å²) in [7, 11) is 1.70. The highest BCUT2D eigenvalue weighted by atomic mass is 16.4. The van der Waals surface area contributed by atoms with Gasteiger partial charge in [0.2, 0.25) is 0 Å². The van der Waals surface area contributed by atoms with Crippen molar-refractivity contribution in [1.29, 1.82) is 0 Å². The van der Waals surface area contributed by atoms with Gasteiger partial charge in [-0.1, -0.05) is 0 Å². The Morgan fingerprint density at radius 1 is 1.11 bits per heavy atom. The minimum atomic E-state index is -2.74. The fourth-order valence-corrected chi connectivity index (χ4v) is 0.714. The van der Waals surface area contributed by atoms with Crippen LogP contribution < -0.4 is 5.32 Å². The van der Waals surface area contributed by atoms with Gasteiger partial charge >= 0.3 is 17.9 Å². The molecule has 6 N–H and O–H groups in total. The number of aliphatic hydroxyl groups is 2. The Morgan fingerprint density at radius 3 is 1.50 bits per heavy atom. The molecule has 0 aliphatic heterocycles. The SMILES string of the molecule is CNC(C)O.O=C(O)CC(O)(CC(=O)O)C(=O)O. The summed E-state index contributed by atoms with van der Waals surface area (Å²) < 4.78 is 0. The van der Waals surface area contributed by atoms with Gasteiger partial charge in [0.1, 0.15) is 6.23 Å². The van der Waals surface area contributed by atoms with Crippen molar-refractivity contribution in [2.24, 2.45) is 0 Å². The molecule has 106 valence electrons. The third-order valence-corrected chi connectivity index (χ3v) is 1.70. The summed E-state index contributed by atoms with van der Waals surface area (Å²) in [5.74, 6) is -5.02. The Labute approximate surface area is 103 Å². The molecule has 0 aromatic heterocycles. The molecule has 0 aromatic carbocycles. The van der Waals surface area contributed by atoms with Gasteiger partial charge < -0.3 is 25.5 Å². The minimum absolute atomic E-state index is 0.366. The number of nitrogens with one attached hydrogen (secondary N) is 1. The van der Waals surface area contributed by atoms with Crippen LogP contribution in [-0.2, 0) is 14.4 Å². The summed E-state index contributed by atoms with van der Waals surface area (Å²) in [5.41, 5.74) is -2.74. The van der Waals surface area contributed by atoms with Crippen LogP contribution in [0.1, 0.15) is 19.8 Å². The van der Waals surface area contributed by atoms with Crippen LogP contribution in [-0.4, -0.2) is 62.3 Å². The third kappa shape index (κ3) is 9.51. The van der Waals surface area contributed by atoms with Crippen LogP contribution in [0.15, 0.2) is 0 Å². The lowest BCUT2D eigenvalue weighted by atomic mass is 9.96. The van der Waals surface area contributed by atoms with Crippen molar-refractivity contribution < 1.29 is 39.9 Å². The molecule has 9 nitrogen and oxygen atoms in total. The Hall–Kier alpha value is -1.71. The van der Waals surface area contributed by atoms with Gasteiger partial charge in [-0.05, 0) is 14.0 Å². The van der Waals surface area contributed by atoms with Crippen molar-refractivity contribution in [2.45, 2.75) is 31.6 Å². The van der Waals surface area contributed by atoms with Crippen molar-refractivity contribution in [1.82, 2.24) is 5.32 Å². The van der Waals surface area contributed by atoms with Crippen LogP contribution in [0.5, 0.6) is 0 Å². The summed E-state index contributed by atoms with van der Waals surface area (Å²) in [6.45, 7) is 1.67. The van der Waals surface area contributed by atoms with E-state index in [1.165, 1.54) is 0 Å². The van der Waals surface area contributed by atoms with Gasteiger partial charge in [0.15, 0.2) is 5.60 Å². The molecule has 0 fully saturated rings. The third-order valence-electron chi connectivity index (χ3n) is 1.70. The molecule has 0 heterocycles. The second-order valence-electron chi connectivity index (χ2n) is 3.44. The summed E-state index contributed by atoms with van der Waals surface area (Å²) in [6, 6.07) is 0. The minimum Gasteiger partial charge on any atom is -0.481 e. The number of carbonyl (C=O) groups is 3. The molecular weight excluding hydrogens is 250 g/mol. The zero-order chi connectivity index (χ0) is 14.9. The predicted molar refractivity (Wildman–Crippen MR) is 57.8 cm³/mol. The van der Waals surface area contributed by atoms with E-state index >= 15 is 0 Å². The topological polar surface area (TPSA) is 164 Å². The molecule has 1 unspecified atom stereocenters. The molecule has 9 heteroatoms. The van der Waals surface area contributed by atoms with Gasteiger partial charge in [0, 0.05) is 0 Å². The maximum Gasteiger partial charge on any atom is 0.336 e. The smallest absolute Gasteiger partial charge is 0.336 e. The molecular formula is C9H17NO8. The van der Waals surface area contributed by atoms with E-state index in [9.17, 15) is 14.4 Å². The van der Waals surface area contributed by atoms with E-state index in [1.54, 1.807) is 14.0 Å². The number of hydrogen-bond acceptors (Lipinski definition) is 6. The van der Waals surface area contributed by atoms with Gasteiger partial charge in [-0.2, -0.15) is 0 Å². The lowest BCUT2D eigenvalue weighted by Crippen LogP contribution is -2.42. The Morgan fingerprint density at radius 2 is 1.39 bits per heavy atom. The van der Waals surface area contributed by atoms with E-state index in [0.717, 1.165) is 0 Å². The van der Waals surface area contributed by atoms with Gasteiger partial charge in [-0.3, -0.25) is 14.9 Å². The van der Waals surface area contributed by atoms with Gasteiger partial charge in [-0.15, -0.1) is 0 Å².